The van der Waals surface area contributed by atoms with Gasteiger partial charge in [-0.1, -0.05) is 0 Å². The number of carboxylic acids is 1. The Labute approximate surface area is 115 Å². The fourth-order valence-corrected chi connectivity index (χ4v) is 1.71. The van der Waals surface area contributed by atoms with Crippen LogP contribution in [-0.4, -0.2) is 54.7 Å². The molecule has 0 aromatic carbocycles. The van der Waals surface area contributed by atoms with Crippen LogP contribution in [0.15, 0.2) is 0 Å². The van der Waals surface area contributed by atoms with Gasteiger partial charge in [-0.15, -0.1) is 0 Å². The number of rotatable bonds is 6. The van der Waals surface area contributed by atoms with E-state index >= 15 is 0 Å². The molecule has 0 spiro atoms. The highest BCUT2D eigenvalue weighted by atomic mass is 16.5. The minimum atomic E-state index is -1.25. The molecule has 0 bridgehead atoms. The molecule has 9 heteroatoms. The standard InChI is InChI=1S/C11H17N3O6/c1-20-9(16)3-2-7(10(17)18)14-11(19)13-6-4-8(15)12-5-6/h6-7H,2-5H2,1H3,(H,12,15)(H,17,18)(H2,13,14,19)/t6?,7-/m0/s1. The summed E-state index contributed by atoms with van der Waals surface area (Å²) in [6, 6.07) is -2.25. The summed E-state index contributed by atoms with van der Waals surface area (Å²) >= 11 is 0. The van der Waals surface area contributed by atoms with Crippen LogP contribution in [0.2, 0.25) is 0 Å². The third kappa shape index (κ3) is 5.12. The van der Waals surface area contributed by atoms with E-state index in [1.807, 2.05) is 0 Å². The first-order valence-corrected chi connectivity index (χ1v) is 6.05. The summed E-state index contributed by atoms with van der Waals surface area (Å²) < 4.78 is 4.40. The van der Waals surface area contributed by atoms with Gasteiger partial charge in [-0.25, -0.2) is 9.59 Å². The van der Waals surface area contributed by atoms with Crippen LogP contribution in [0.1, 0.15) is 19.3 Å². The maximum Gasteiger partial charge on any atom is 0.326 e. The predicted molar refractivity (Wildman–Crippen MR) is 65.8 cm³/mol. The molecule has 2 atom stereocenters. The molecule has 1 unspecified atom stereocenters. The lowest BCUT2D eigenvalue weighted by Crippen LogP contribution is -2.49. The molecule has 1 fully saturated rings. The van der Waals surface area contributed by atoms with Crippen LogP contribution in [0.25, 0.3) is 0 Å². The minimum absolute atomic E-state index is 0.0721. The van der Waals surface area contributed by atoms with Gasteiger partial charge in [0.25, 0.3) is 0 Å². The number of urea groups is 1. The maximum absolute atomic E-state index is 11.6. The number of methoxy groups -OCH3 is 1. The van der Waals surface area contributed by atoms with Crippen molar-refractivity contribution >= 4 is 23.9 Å². The van der Waals surface area contributed by atoms with Crippen molar-refractivity contribution in [1.29, 1.82) is 0 Å². The predicted octanol–water partition coefficient (Wildman–Crippen LogP) is -1.42. The third-order valence-corrected chi connectivity index (χ3v) is 2.78. The number of carbonyl (C=O) groups is 4. The number of aliphatic carboxylic acids is 1. The molecule has 1 aliphatic rings. The van der Waals surface area contributed by atoms with Crippen molar-refractivity contribution < 1.29 is 29.0 Å². The molecule has 1 saturated heterocycles. The molecule has 3 amide bonds. The van der Waals surface area contributed by atoms with Gasteiger partial charge in [0.15, 0.2) is 0 Å². The molecule has 0 radical (unpaired) electrons. The van der Waals surface area contributed by atoms with Gasteiger partial charge in [-0.2, -0.15) is 0 Å². The van der Waals surface area contributed by atoms with Gasteiger partial charge in [-0.3, -0.25) is 9.59 Å². The zero-order chi connectivity index (χ0) is 15.1. The first-order valence-electron chi connectivity index (χ1n) is 6.05. The molecule has 1 rings (SSSR count). The van der Waals surface area contributed by atoms with Gasteiger partial charge in [0.1, 0.15) is 6.04 Å². The van der Waals surface area contributed by atoms with Crippen molar-refractivity contribution in [2.24, 2.45) is 0 Å². The van der Waals surface area contributed by atoms with E-state index in [1.165, 1.54) is 7.11 Å². The summed E-state index contributed by atoms with van der Waals surface area (Å²) in [6.45, 7) is 0.312. The Morgan fingerprint density at radius 2 is 2.20 bits per heavy atom. The first-order chi connectivity index (χ1) is 9.42. The fourth-order valence-electron chi connectivity index (χ4n) is 1.71. The lowest BCUT2D eigenvalue weighted by atomic mass is 10.1. The van der Waals surface area contributed by atoms with E-state index in [4.69, 9.17) is 5.11 Å². The molecular formula is C11H17N3O6. The molecule has 1 heterocycles. The molecule has 0 aromatic rings. The zero-order valence-corrected chi connectivity index (χ0v) is 11.0. The first kappa shape index (κ1) is 15.7. The SMILES string of the molecule is COC(=O)CC[C@H](NC(=O)NC1CNC(=O)C1)C(=O)O. The second kappa shape index (κ2) is 7.31. The van der Waals surface area contributed by atoms with Gasteiger partial charge < -0.3 is 25.8 Å². The van der Waals surface area contributed by atoms with Crippen molar-refractivity contribution in [3.05, 3.63) is 0 Å². The minimum Gasteiger partial charge on any atom is -0.480 e. The van der Waals surface area contributed by atoms with Crippen molar-refractivity contribution in [3.8, 4) is 0 Å². The largest absolute Gasteiger partial charge is 0.480 e. The van der Waals surface area contributed by atoms with Crippen LogP contribution in [-0.2, 0) is 19.1 Å². The number of carbonyl (C=O) groups excluding carboxylic acids is 3. The van der Waals surface area contributed by atoms with Gasteiger partial charge in [0.05, 0.1) is 13.2 Å². The van der Waals surface area contributed by atoms with Crippen LogP contribution >= 0.6 is 0 Å². The highest BCUT2D eigenvalue weighted by Crippen LogP contribution is 2.01. The molecule has 9 nitrogen and oxygen atoms in total. The van der Waals surface area contributed by atoms with E-state index in [0.717, 1.165) is 0 Å². The summed E-state index contributed by atoms with van der Waals surface area (Å²) in [5.41, 5.74) is 0. The quantitative estimate of drug-likeness (QED) is 0.443. The third-order valence-electron chi connectivity index (χ3n) is 2.78. The van der Waals surface area contributed by atoms with Crippen molar-refractivity contribution in [2.75, 3.05) is 13.7 Å². The smallest absolute Gasteiger partial charge is 0.326 e. The molecule has 20 heavy (non-hydrogen) atoms. The summed E-state index contributed by atoms with van der Waals surface area (Å²) in [4.78, 5) is 44.5. The lowest BCUT2D eigenvalue weighted by Gasteiger charge is -2.16. The Balaban J connectivity index is 2.40. The fraction of sp³-hybridized carbons (Fsp3) is 0.636. The molecule has 0 aromatic heterocycles. The molecular weight excluding hydrogens is 270 g/mol. The number of esters is 1. The Kier molecular flexibility index (Phi) is 5.75. The average molecular weight is 287 g/mol. The van der Waals surface area contributed by atoms with Gasteiger partial charge in [0.2, 0.25) is 5.91 Å². The highest BCUT2D eigenvalue weighted by Gasteiger charge is 2.26. The normalized spacial score (nSPS) is 18.9. The topological polar surface area (TPSA) is 134 Å². The summed E-state index contributed by atoms with van der Waals surface area (Å²) in [5, 5.41) is 16.2. The van der Waals surface area contributed by atoms with Crippen molar-refractivity contribution in [1.82, 2.24) is 16.0 Å². The summed E-state index contributed by atoms with van der Waals surface area (Å²) in [5.74, 6) is -1.97. The Bertz CT molecular complexity index is 411. The molecule has 0 aliphatic carbocycles. The Morgan fingerprint density at radius 3 is 2.70 bits per heavy atom. The Hall–Kier alpha value is -2.32. The van der Waals surface area contributed by atoms with E-state index in [2.05, 4.69) is 20.7 Å². The second-order valence-electron chi connectivity index (χ2n) is 4.33. The van der Waals surface area contributed by atoms with E-state index in [0.29, 0.717) is 6.54 Å². The molecule has 112 valence electrons. The van der Waals surface area contributed by atoms with Crippen LogP contribution < -0.4 is 16.0 Å². The lowest BCUT2D eigenvalue weighted by molar-refractivity contribution is -0.142. The monoisotopic (exact) mass is 287 g/mol. The van der Waals surface area contributed by atoms with Gasteiger partial charge in [0, 0.05) is 19.4 Å². The van der Waals surface area contributed by atoms with E-state index in [9.17, 15) is 19.2 Å². The molecule has 4 N–H and O–H groups in total. The zero-order valence-electron chi connectivity index (χ0n) is 11.0. The second-order valence-corrected chi connectivity index (χ2v) is 4.33. The number of ether oxygens (including phenoxy) is 1. The molecule has 1 aliphatic heterocycles. The molecule has 0 saturated carbocycles. The van der Waals surface area contributed by atoms with Gasteiger partial charge >= 0.3 is 18.0 Å². The number of hydrogen-bond donors (Lipinski definition) is 4. The van der Waals surface area contributed by atoms with E-state index in [-0.39, 0.29) is 31.2 Å². The van der Waals surface area contributed by atoms with Crippen LogP contribution in [0.4, 0.5) is 4.79 Å². The number of amides is 3. The average Bonchev–Trinajstić information content (AvgIpc) is 2.78. The summed E-state index contributed by atoms with van der Waals surface area (Å²) in [7, 11) is 1.20. The number of nitrogens with one attached hydrogen (secondary N) is 3. The highest BCUT2D eigenvalue weighted by molar-refractivity contribution is 5.84. The van der Waals surface area contributed by atoms with E-state index in [1.54, 1.807) is 0 Å². The van der Waals surface area contributed by atoms with Crippen molar-refractivity contribution in [3.63, 3.8) is 0 Å². The summed E-state index contributed by atoms with van der Waals surface area (Å²) in [6.07, 6.45) is -0.0260. The van der Waals surface area contributed by atoms with E-state index < -0.39 is 24.0 Å². The Morgan fingerprint density at radius 1 is 1.50 bits per heavy atom. The van der Waals surface area contributed by atoms with Crippen LogP contribution in [0.3, 0.4) is 0 Å². The maximum atomic E-state index is 11.6. The number of carboxylic acid groups (broad SMARTS) is 1. The van der Waals surface area contributed by atoms with Crippen LogP contribution in [0.5, 0.6) is 0 Å². The number of hydrogen-bond acceptors (Lipinski definition) is 5. The van der Waals surface area contributed by atoms with Crippen molar-refractivity contribution in [2.45, 2.75) is 31.3 Å². The van der Waals surface area contributed by atoms with Crippen LogP contribution in [0, 0.1) is 0 Å². The van der Waals surface area contributed by atoms with Gasteiger partial charge in [-0.05, 0) is 6.42 Å².